The number of aromatic nitrogens is 2. The first-order valence-corrected chi connectivity index (χ1v) is 5.71. The average molecular weight is 283 g/mol. The quantitative estimate of drug-likeness (QED) is 0.920. The number of nitrogens with zero attached hydrogens (tertiary/aromatic N) is 2. The third-order valence-corrected chi connectivity index (χ3v) is 3.09. The third-order valence-electron chi connectivity index (χ3n) is 3.09. The van der Waals surface area contributed by atoms with Gasteiger partial charge >= 0.3 is 6.18 Å². The number of alkyl halides is 3. The monoisotopic (exact) mass is 283 g/mol. The lowest BCUT2D eigenvalue weighted by atomic mass is 9.99. The zero-order chi connectivity index (χ0) is 15.1. The Morgan fingerprint density at radius 3 is 2.40 bits per heavy atom. The van der Waals surface area contributed by atoms with Gasteiger partial charge in [-0.15, -0.1) is 0 Å². The van der Waals surface area contributed by atoms with E-state index in [1.165, 1.54) is 12.3 Å². The van der Waals surface area contributed by atoms with Crippen LogP contribution in [0.15, 0.2) is 24.4 Å². The topological polar surface area (TPSA) is 60.9 Å². The van der Waals surface area contributed by atoms with Crippen molar-refractivity contribution in [3.8, 4) is 11.1 Å². The largest absolute Gasteiger partial charge is 0.416 e. The van der Waals surface area contributed by atoms with Crippen molar-refractivity contribution in [3.63, 3.8) is 0 Å². The van der Waals surface area contributed by atoms with Gasteiger partial charge in [0, 0.05) is 23.9 Å². The van der Waals surface area contributed by atoms with E-state index in [-0.39, 0.29) is 11.1 Å². The maximum Gasteiger partial charge on any atom is 0.416 e. The van der Waals surface area contributed by atoms with Crippen LogP contribution in [0.3, 0.4) is 0 Å². The number of benzene rings is 1. The highest BCUT2D eigenvalue weighted by molar-refractivity contribution is 5.94. The molecule has 2 aromatic rings. The minimum atomic E-state index is -4.55. The molecule has 7 heteroatoms. The molecule has 106 valence electrons. The molecule has 0 bridgehead atoms. The number of nitrogens with two attached hydrogens (primary N) is 1. The molecule has 0 aliphatic rings. The summed E-state index contributed by atoms with van der Waals surface area (Å²) in [5.74, 6) is -0.904. The van der Waals surface area contributed by atoms with E-state index in [0.717, 1.165) is 12.1 Å². The highest BCUT2D eigenvalue weighted by Crippen LogP contribution is 2.34. The molecule has 0 aliphatic heterocycles. The molecular weight excluding hydrogens is 271 g/mol. The van der Waals surface area contributed by atoms with Gasteiger partial charge in [0.2, 0.25) is 5.91 Å². The van der Waals surface area contributed by atoms with Gasteiger partial charge in [0.25, 0.3) is 0 Å². The van der Waals surface area contributed by atoms with Crippen molar-refractivity contribution < 1.29 is 18.0 Å². The Labute approximate surface area is 113 Å². The molecule has 0 saturated carbocycles. The number of primary amides is 1. The van der Waals surface area contributed by atoms with Crippen molar-refractivity contribution in [3.05, 3.63) is 41.2 Å². The molecule has 4 nitrogen and oxygen atoms in total. The van der Waals surface area contributed by atoms with Gasteiger partial charge in [-0.25, -0.2) is 0 Å². The Bertz CT molecular complexity index is 674. The molecule has 0 fully saturated rings. The van der Waals surface area contributed by atoms with Crippen molar-refractivity contribution in [2.75, 3.05) is 0 Å². The lowest BCUT2D eigenvalue weighted by Crippen LogP contribution is -2.14. The minimum absolute atomic E-state index is 0.182. The van der Waals surface area contributed by atoms with Crippen LogP contribution in [0, 0.1) is 6.92 Å². The Balaban J connectivity index is 2.67. The third kappa shape index (κ3) is 2.52. The molecule has 1 amide bonds. The second-order valence-electron chi connectivity index (χ2n) is 4.43. The first-order valence-electron chi connectivity index (χ1n) is 5.71. The number of carbonyl (C=O) groups excluding carboxylic acids is 1. The van der Waals surface area contributed by atoms with Crippen molar-refractivity contribution >= 4 is 5.91 Å². The van der Waals surface area contributed by atoms with Gasteiger partial charge in [-0.2, -0.15) is 18.3 Å². The van der Waals surface area contributed by atoms with Crippen LogP contribution in [-0.4, -0.2) is 15.7 Å². The molecule has 1 aromatic heterocycles. The van der Waals surface area contributed by atoms with E-state index in [9.17, 15) is 18.0 Å². The average Bonchev–Trinajstić information content (AvgIpc) is 2.68. The minimum Gasteiger partial charge on any atom is -0.366 e. The molecule has 2 rings (SSSR count). The molecule has 1 aromatic carbocycles. The van der Waals surface area contributed by atoms with Gasteiger partial charge in [-0.05, 0) is 30.7 Å². The zero-order valence-corrected chi connectivity index (χ0v) is 10.8. The maximum atomic E-state index is 12.9. The molecule has 2 N–H and O–H groups in total. The van der Waals surface area contributed by atoms with Crippen LogP contribution in [0.5, 0.6) is 0 Å². The summed E-state index contributed by atoms with van der Waals surface area (Å²) < 4.78 is 40.1. The summed E-state index contributed by atoms with van der Waals surface area (Å²) in [6.45, 7) is 1.73. The number of hydrogen-bond donors (Lipinski definition) is 1. The molecule has 0 saturated heterocycles. The maximum absolute atomic E-state index is 12.9. The number of hydrogen-bond acceptors (Lipinski definition) is 2. The molecule has 0 unspecified atom stereocenters. The van der Waals surface area contributed by atoms with Gasteiger partial charge in [0.05, 0.1) is 11.8 Å². The van der Waals surface area contributed by atoms with Gasteiger partial charge in [0.1, 0.15) is 0 Å². The number of aryl methyl sites for hydroxylation is 1. The summed E-state index contributed by atoms with van der Waals surface area (Å²) in [5.41, 5.74) is 5.48. The van der Waals surface area contributed by atoms with Crippen molar-refractivity contribution in [2.24, 2.45) is 12.8 Å². The smallest absolute Gasteiger partial charge is 0.366 e. The standard InChI is InChI=1S/C13H12F3N3O/c1-7-11(6-18-19(7)2)8-3-9(12(17)20)5-10(4-8)13(14,15)16/h3-6H,1-2H3,(H2,17,20). The number of amides is 1. The first kappa shape index (κ1) is 14.1. The van der Waals surface area contributed by atoms with Gasteiger partial charge < -0.3 is 5.73 Å². The lowest BCUT2D eigenvalue weighted by Gasteiger charge is -2.11. The summed E-state index contributed by atoms with van der Waals surface area (Å²) in [6, 6.07) is 3.07. The van der Waals surface area contributed by atoms with Crippen LogP contribution in [-0.2, 0) is 13.2 Å². The van der Waals surface area contributed by atoms with Crippen molar-refractivity contribution in [1.29, 1.82) is 0 Å². The molecule has 0 radical (unpaired) electrons. The summed E-state index contributed by atoms with van der Waals surface area (Å²) in [7, 11) is 1.68. The fourth-order valence-electron chi connectivity index (χ4n) is 1.87. The van der Waals surface area contributed by atoms with Crippen LogP contribution >= 0.6 is 0 Å². The van der Waals surface area contributed by atoms with E-state index in [1.54, 1.807) is 18.7 Å². The van der Waals surface area contributed by atoms with Crippen molar-refractivity contribution in [1.82, 2.24) is 9.78 Å². The second kappa shape index (κ2) is 4.66. The second-order valence-corrected chi connectivity index (χ2v) is 4.43. The molecule has 0 spiro atoms. The van der Waals surface area contributed by atoms with E-state index in [2.05, 4.69) is 5.10 Å². The summed E-state index contributed by atoms with van der Waals surface area (Å²) in [4.78, 5) is 11.2. The fourth-order valence-corrected chi connectivity index (χ4v) is 1.87. The summed E-state index contributed by atoms with van der Waals surface area (Å²) in [5, 5.41) is 3.98. The van der Waals surface area contributed by atoms with Crippen LogP contribution in [0.2, 0.25) is 0 Å². The fraction of sp³-hybridized carbons (Fsp3) is 0.231. The van der Waals surface area contributed by atoms with Crippen LogP contribution < -0.4 is 5.73 Å². The van der Waals surface area contributed by atoms with E-state index in [1.807, 2.05) is 0 Å². The Kier molecular flexibility index (Phi) is 3.29. The normalized spacial score (nSPS) is 11.7. The van der Waals surface area contributed by atoms with E-state index < -0.39 is 17.6 Å². The number of rotatable bonds is 2. The van der Waals surface area contributed by atoms with Gasteiger partial charge in [0.15, 0.2) is 0 Å². The molecule has 0 aliphatic carbocycles. The first-order chi connectivity index (χ1) is 9.20. The van der Waals surface area contributed by atoms with Crippen LogP contribution in [0.1, 0.15) is 21.6 Å². The molecule has 20 heavy (non-hydrogen) atoms. The van der Waals surface area contributed by atoms with E-state index in [4.69, 9.17) is 5.73 Å². The van der Waals surface area contributed by atoms with Gasteiger partial charge in [-0.3, -0.25) is 9.48 Å². The Morgan fingerprint density at radius 1 is 1.30 bits per heavy atom. The molecule has 0 atom stereocenters. The number of carbonyl (C=O) groups is 1. The predicted octanol–water partition coefficient (Wildman–Crippen LogP) is 2.51. The van der Waals surface area contributed by atoms with Crippen LogP contribution in [0.25, 0.3) is 11.1 Å². The summed E-state index contributed by atoms with van der Waals surface area (Å²) in [6.07, 6.45) is -3.09. The highest BCUT2D eigenvalue weighted by Gasteiger charge is 2.32. The summed E-state index contributed by atoms with van der Waals surface area (Å²) >= 11 is 0. The SMILES string of the molecule is Cc1c(-c2cc(C(N)=O)cc(C(F)(F)F)c2)cnn1C. The van der Waals surface area contributed by atoms with Crippen LogP contribution in [0.4, 0.5) is 13.2 Å². The van der Waals surface area contributed by atoms with Crippen molar-refractivity contribution in [2.45, 2.75) is 13.1 Å². The number of halogens is 3. The Morgan fingerprint density at radius 2 is 1.95 bits per heavy atom. The van der Waals surface area contributed by atoms with Gasteiger partial charge in [-0.1, -0.05) is 0 Å². The molecular formula is C13H12F3N3O. The lowest BCUT2D eigenvalue weighted by molar-refractivity contribution is -0.137. The van der Waals surface area contributed by atoms with E-state index >= 15 is 0 Å². The highest BCUT2D eigenvalue weighted by atomic mass is 19.4. The zero-order valence-electron chi connectivity index (χ0n) is 10.8. The Hall–Kier alpha value is -2.31. The predicted molar refractivity (Wildman–Crippen MR) is 66.9 cm³/mol. The molecule has 1 heterocycles. The van der Waals surface area contributed by atoms with E-state index in [0.29, 0.717) is 11.3 Å².